The third-order valence-electron chi connectivity index (χ3n) is 5.06. The Morgan fingerprint density at radius 2 is 0.780 bits per heavy atom. The molecule has 0 aliphatic heterocycles. The Balaban J connectivity index is 4.51. The number of rotatable bonds is 24. The van der Waals surface area contributed by atoms with Crippen molar-refractivity contribution in [2.75, 3.05) is 78.9 Å². The highest BCUT2D eigenvalue weighted by atomic mass is 16.5. The Morgan fingerprint density at radius 1 is 0.537 bits per heavy atom. The molecule has 0 spiro atoms. The summed E-state index contributed by atoms with van der Waals surface area (Å²) < 4.78 is 17.2. The molecule has 0 aliphatic rings. The highest BCUT2D eigenvalue weighted by Crippen LogP contribution is 2.19. The van der Waals surface area contributed by atoms with Crippen LogP contribution in [0.3, 0.4) is 0 Å². The summed E-state index contributed by atoms with van der Waals surface area (Å²) in [7, 11) is 0. The van der Waals surface area contributed by atoms with Crippen LogP contribution in [0.4, 0.5) is 0 Å². The van der Waals surface area contributed by atoms with Gasteiger partial charge < -0.3 is 63.3 Å². The normalized spacial score (nSPS) is 11.9. The number of amides is 3. The van der Waals surface area contributed by atoms with Crippen molar-refractivity contribution < 1.29 is 28.6 Å². The molecule has 0 rings (SSSR count). The Kier molecular flexibility index (Phi) is 20.7. The molecule has 0 aromatic heterocycles. The molecule has 0 radical (unpaired) electrons. The maximum atomic E-state index is 11.9. The highest BCUT2D eigenvalue weighted by Gasteiger charge is 2.26. The van der Waals surface area contributed by atoms with Gasteiger partial charge in [-0.15, -0.1) is 0 Å². The van der Waals surface area contributed by atoms with Crippen molar-refractivity contribution in [3.8, 4) is 0 Å². The molecule has 0 aromatic rings. The fraction of sp³-hybridized carbons (Fsp3) is 0.739. The van der Waals surface area contributed by atoms with Crippen LogP contribution in [0.25, 0.3) is 0 Å². The van der Waals surface area contributed by atoms with E-state index in [0.717, 1.165) is 0 Å². The van der Waals surface area contributed by atoms with Crippen molar-refractivity contribution >= 4 is 35.6 Å². The Hall–Kier alpha value is -3.90. The molecule has 0 atom stereocenters. The first kappa shape index (κ1) is 37.1. The lowest BCUT2D eigenvalue weighted by atomic mass is 9.94. The van der Waals surface area contributed by atoms with E-state index in [1.54, 1.807) is 0 Å². The van der Waals surface area contributed by atoms with Crippen LogP contribution in [0.15, 0.2) is 0 Å². The van der Waals surface area contributed by atoms with Crippen LogP contribution in [0, 0.1) is 21.6 Å². The van der Waals surface area contributed by atoms with Crippen molar-refractivity contribution in [1.29, 1.82) is 16.2 Å². The zero-order valence-electron chi connectivity index (χ0n) is 23.8. The van der Waals surface area contributed by atoms with Crippen molar-refractivity contribution in [1.82, 2.24) is 31.9 Å². The van der Waals surface area contributed by atoms with Crippen molar-refractivity contribution in [2.24, 2.45) is 22.6 Å². The first-order valence-corrected chi connectivity index (χ1v) is 13.2. The Bertz CT molecular complexity index is 726. The molecular weight excluding hydrogens is 540 g/mol. The molecule has 3 amide bonds. The fourth-order valence-electron chi connectivity index (χ4n) is 3.04. The van der Waals surface area contributed by atoms with Crippen LogP contribution in [-0.2, 0) is 28.6 Å². The van der Waals surface area contributed by atoms with Crippen LogP contribution in [-0.4, -0.2) is 115 Å². The van der Waals surface area contributed by atoms with E-state index in [4.69, 9.17) is 47.6 Å². The Morgan fingerprint density at radius 3 is 1.02 bits per heavy atom. The molecule has 15 N–H and O–H groups in total. The second kappa shape index (κ2) is 22.9. The molecular formula is C23H48N12O6. The number of carbonyl (C=O) groups excluding carboxylic acids is 3. The minimum absolute atomic E-state index is 0.134. The van der Waals surface area contributed by atoms with E-state index in [1.807, 2.05) is 6.92 Å². The van der Waals surface area contributed by atoms with E-state index >= 15 is 0 Å². The van der Waals surface area contributed by atoms with E-state index in [2.05, 4.69) is 31.9 Å². The van der Waals surface area contributed by atoms with Crippen molar-refractivity contribution in [3.63, 3.8) is 0 Å². The molecule has 0 aliphatic carbocycles. The van der Waals surface area contributed by atoms with Crippen LogP contribution in [0.2, 0.25) is 0 Å². The molecule has 18 heteroatoms. The number of nitrogens with one attached hydrogen (secondary N) is 9. The van der Waals surface area contributed by atoms with Crippen molar-refractivity contribution in [3.05, 3.63) is 0 Å². The summed E-state index contributed by atoms with van der Waals surface area (Å²) in [5.41, 5.74) is 14.9. The summed E-state index contributed by atoms with van der Waals surface area (Å²) in [6, 6.07) is 0. The number of hydrogen-bond donors (Lipinski definition) is 12. The van der Waals surface area contributed by atoms with Crippen LogP contribution in [0.5, 0.6) is 0 Å². The number of guanidine groups is 3. The molecule has 41 heavy (non-hydrogen) atoms. The van der Waals surface area contributed by atoms with Gasteiger partial charge in [0.25, 0.3) is 0 Å². The summed E-state index contributed by atoms with van der Waals surface area (Å²) in [6.45, 7) is 4.97. The SMILES string of the molecule is CC(COCCC(=O)NCCNC(=N)N)(COCCC(=O)NCCNC(=N)N)COCCC(=O)NCCNC(=N)N. The molecule has 0 aromatic carbocycles. The van der Waals surface area contributed by atoms with E-state index < -0.39 is 5.41 Å². The van der Waals surface area contributed by atoms with Gasteiger partial charge >= 0.3 is 0 Å². The van der Waals surface area contributed by atoms with Gasteiger partial charge in [-0.2, -0.15) is 0 Å². The minimum Gasteiger partial charge on any atom is -0.380 e. The van der Waals surface area contributed by atoms with Gasteiger partial charge in [0.2, 0.25) is 17.7 Å². The van der Waals surface area contributed by atoms with Gasteiger partial charge in [0, 0.05) is 63.9 Å². The van der Waals surface area contributed by atoms with Crippen LogP contribution in [0.1, 0.15) is 26.2 Å². The summed E-state index contributed by atoms with van der Waals surface area (Å²) in [6.07, 6.45) is 0.402. The maximum absolute atomic E-state index is 11.9. The predicted octanol–water partition coefficient (Wildman–Crippen LogP) is -3.99. The predicted molar refractivity (Wildman–Crippen MR) is 153 cm³/mol. The zero-order chi connectivity index (χ0) is 30.9. The lowest BCUT2D eigenvalue weighted by Crippen LogP contribution is -2.39. The topological polar surface area (TPSA) is 301 Å². The average molecular weight is 589 g/mol. The van der Waals surface area contributed by atoms with Gasteiger partial charge in [0.15, 0.2) is 17.9 Å². The Labute approximate surface area is 240 Å². The lowest BCUT2D eigenvalue weighted by Gasteiger charge is -2.29. The van der Waals surface area contributed by atoms with Crippen molar-refractivity contribution in [2.45, 2.75) is 26.2 Å². The van der Waals surface area contributed by atoms with E-state index in [9.17, 15) is 14.4 Å². The monoisotopic (exact) mass is 588 g/mol. The maximum Gasteiger partial charge on any atom is 0.222 e. The average Bonchev–Trinajstić information content (AvgIpc) is 2.90. The lowest BCUT2D eigenvalue weighted by molar-refractivity contribution is -0.123. The highest BCUT2D eigenvalue weighted by molar-refractivity contribution is 5.77. The van der Waals surface area contributed by atoms with Gasteiger partial charge in [-0.05, 0) is 0 Å². The molecule has 0 fully saturated rings. The van der Waals surface area contributed by atoms with Gasteiger partial charge in [-0.1, -0.05) is 6.92 Å². The number of carbonyl (C=O) groups is 3. The molecule has 0 bridgehead atoms. The van der Waals surface area contributed by atoms with Gasteiger partial charge in [0.1, 0.15) is 0 Å². The second-order valence-electron chi connectivity index (χ2n) is 9.29. The van der Waals surface area contributed by atoms with Crippen LogP contribution < -0.4 is 49.1 Å². The van der Waals surface area contributed by atoms with Crippen LogP contribution >= 0.6 is 0 Å². The second-order valence-corrected chi connectivity index (χ2v) is 9.29. The molecule has 0 heterocycles. The van der Waals surface area contributed by atoms with Gasteiger partial charge in [-0.3, -0.25) is 30.6 Å². The summed E-state index contributed by atoms with van der Waals surface area (Å²) in [5, 5.41) is 37.1. The largest absolute Gasteiger partial charge is 0.380 e. The van der Waals surface area contributed by atoms with Gasteiger partial charge in [0.05, 0.1) is 39.6 Å². The van der Waals surface area contributed by atoms with E-state index in [-0.39, 0.29) is 94.5 Å². The number of nitrogens with two attached hydrogens (primary N) is 3. The summed E-state index contributed by atoms with van der Waals surface area (Å²) >= 11 is 0. The van der Waals surface area contributed by atoms with E-state index in [1.165, 1.54) is 0 Å². The zero-order valence-corrected chi connectivity index (χ0v) is 23.8. The number of ether oxygens (including phenoxy) is 3. The quantitative estimate of drug-likeness (QED) is 0.0292. The molecule has 0 saturated carbocycles. The first-order chi connectivity index (χ1) is 19.4. The molecule has 0 unspecified atom stereocenters. The smallest absolute Gasteiger partial charge is 0.222 e. The molecule has 0 saturated heterocycles. The molecule has 18 nitrogen and oxygen atoms in total. The summed E-state index contributed by atoms with van der Waals surface area (Å²) in [5.74, 6) is -1.14. The standard InChI is InChI=1S/C23H48N12O6/c1-23(14-39-11-2-17(36)30-5-8-33-20(24)25,15-40-12-3-18(37)31-6-9-34-21(26)27)16-41-13-4-19(38)32-7-10-35-22(28)29/h2-16H2,1H3,(H,30,36)(H,31,37)(H,32,38)(H4,24,25,33)(H4,26,27,34)(H4,28,29,35). The third kappa shape index (κ3) is 24.9. The van der Waals surface area contributed by atoms with Gasteiger partial charge in [-0.25, -0.2) is 0 Å². The first-order valence-electron chi connectivity index (χ1n) is 13.2. The third-order valence-corrected chi connectivity index (χ3v) is 5.06. The number of hydrogen-bond acceptors (Lipinski definition) is 9. The molecule has 236 valence electrons. The fourth-order valence-corrected chi connectivity index (χ4v) is 3.04. The summed E-state index contributed by atoms with van der Waals surface area (Å²) in [4.78, 5) is 35.8. The minimum atomic E-state index is -0.619. The van der Waals surface area contributed by atoms with E-state index in [0.29, 0.717) is 39.3 Å².